The fourth-order valence-corrected chi connectivity index (χ4v) is 2.51. The standard InChI is InChI=1S/C16H23NO/c1-5-11(2)12(3)17-16-9-7-13-6-8-14(18-4)10-15(13)16/h6,8,10,16-17H,5,7,9H2,1-4H3/b12-11-. The maximum atomic E-state index is 5.32. The Morgan fingerprint density at radius 1 is 1.39 bits per heavy atom. The molecule has 2 rings (SSSR count). The van der Waals surface area contributed by atoms with E-state index in [0.29, 0.717) is 6.04 Å². The molecule has 18 heavy (non-hydrogen) atoms. The van der Waals surface area contributed by atoms with Gasteiger partial charge in [-0.1, -0.05) is 18.6 Å². The molecule has 0 bridgehead atoms. The lowest BCUT2D eigenvalue weighted by molar-refractivity contribution is 0.413. The highest BCUT2D eigenvalue weighted by molar-refractivity contribution is 5.41. The van der Waals surface area contributed by atoms with Gasteiger partial charge in [0.15, 0.2) is 0 Å². The first-order valence-corrected chi connectivity index (χ1v) is 6.75. The van der Waals surface area contributed by atoms with Gasteiger partial charge >= 0.3 is 0 Å². The van der Waals surface area contributed by atoms with E-state index in [1.807, 2.05) is 0 Å². The van der Waals surface area contributed by atoms with Crippen LogP contribution < -0.4 is 10.1 Å². The van der Waals surface area contributed by atoms with Crippen molar-refractivity contribution in [3.63, 3.8) is 0 Å². The second kappa shape index (κ2) is 5.47. The summed E-state index contributed by atoms with van der Waals surface area (Å²) in [6.07, 6.45) is 3.45. The molecule has 0 heterocycles. The van der Waals surface area contributed by atoms with Gasteiger partial charge in [-0.2, -0.15) is 0 Å². The third-order valence-electron chi connectivity index (χ3n) is 3.99. The first-order chi connectivity index (χ1) is 8.65. The Labute approximate surface area is 110 Å². The highest BCUT2D eigenvalue weighted by Crippen LogP contribution is 2.34. The van der Waals surface area contributed by atoms with Gasteiger partial charge < -0.3 is 10.1 Å². The lowest BCUT2D eigenvalue weighted by Gasteiger charge is -2.18. The summed E-state index contributed by atoms with van der Waals surface area (Å²) in [6, 6.07) is 6.87. The van der Waals surface area contributed by atoms with Crippen LogP contribution in [-0.4, -0.2) is 7.11 Å². The van der Waals surface area contributed by atoms with Crippen molar-refractivity contribution in [1.29, 1.82) is 0 Å². The van der Waals surface area contributed by atoms with Gasteiger partial charge in [0.1, 0.15) is 5.75 Å². The summed E-state index contributed by atoms with van der Waals surface area (Å²) in [5.74, 6) is 0.955. The minimum absolute atomic E-state index is 0.441. The molecule has 2 heteroatoms. The normalized spacial score (nSPS) is 19.2. The van der Waals surface area contributed by atoms with Crippen molar-refractivity contribution < 1.29 is 4.74 Å². The molecule has 0 radical (unpaired) electrons. The molecule has 1 aliphatic rings. The molecule has 98 valence electrons. The largest absolute Gasteiger partial charge is 0.497 e. The quantitative estimate of drug-likeness (QED) is 0.866. The first kappa shape index (κ1) is 13.0. The van der Waals surface area contributed by atoms with E-state index < -0.39 is 0 Å². The summed E-state index contributed by atoms with van der Waals surface area (Å²) < 4.78 is 5.32. The van der Waals surface area contributed by atoms with Gasteiger partial charge in [0.05, 0.1) is 13.2 Å². The van der Waals surface area contributed by atoms with Crippen LogP contribution in [0.4, 0.5) is 0 Å². The zero-order valence-electron chi connectivity index (χ0n) is 11.8. The van der Waals surface area contributed by atoms with Crippen molar-refractivity contribution in [2.24, 2.45) is 0 Å². The molecular formula is C16H23NO. The van der Waals surface area contributed by atoms with Crippen LogP contribution >= 0.6 is 0 Å². The van der Waals surface area contributed by atoms with Crippen molar-refractivity contribution in [3.8, 4) is 5.75 Å². The Morgan fingerprint density at radius 3 is 2.83 bits per heavy atom. The second-order valence-electron chi connectivity index (χ2n) is 5.06. The van der Waals surface area contributed by atoms with E-state index in [2.05, 4.69) is 44.3 Å². The van der Waals surface area contributed by atoms with Gasteiger partial charge in [0.2, 0.25) is 0 Å². The first-order valence-electron chi connectivity index (χ1n) is 6.75. The molecular weight excluding hydrogens is 222 g/mol. The fraction of sp³-hybridized carbons (Fsp3) is 0.500. The zero-order valence-corrected chi connectivity index (χ0v) is 11.8. The lowest BCUT2D eigenvalue weighted by atomic mass is 10.1. The number of fused-ring (bicyclic) bond motifs is 1. The SMILES string of the molecule is CC/C(C)=C(/C)NC1CCc2ccc(OC)cc21. The summed E-state index contributed by atoms with van der Waals surface area (Å²) in [7, 11) is 1.73. The molecule has 2 nitrogen and oxygen atoms in total. The van der Waals surface area contributed by atoms with E-state index in [-0.39, 0.29) is 0 Å². The Kier molecular flexibility index (Phi) is 3.95. The van der Waals surface area contributed by atoms with Crippen LogP contribution in [0.1, 0.15) is 50.8 Å². The van der Waals surface area contributed by atoms with Crippen molar-refractivity contribution in [3.05, 3.63) is 40.6 Å². The highest BCUT2D eigenvalue weighted by atomic mass is 16.5. The predicted octanol–water partition coefficient (Wildman–Crippen LogP) is 3.98. The van der Waals surface area contributed by atoms with Crippen LogP contribution in [-0.2, 0) is 6.42 Å². The van der Waals surface area contributed by atoms with E-state index in [4.69, 9.17) is 4.74 Å². The highest BCUT2D eigenvalue weighted by Gasteiger charge is 2.22. The van der Waals surface area contributed by atoms with Gasteiger partial charge in [-0.15, -0.1) is 0 Å². The molecule has 0 fully saturated rings. The number of benzene rings is 1. The lowest BCUT2D eigenvalue weighted by Crippen LogP contribution is -2.18. The molecule has 0 saturated heterocycles. The van der Waals surface area contributed by atoms with Gasteiger partial charge in [0, 0.05) is 5.70 Å². The van der Waals surface area contributed by atoms with E-state index in [9.17, 15) is 0 Å². The van der Waals surface area contributed by atoms with Crippen molar-refractivity contribution >= 4 is 0 Å². The Hall–Kier alpha value is -1.44. The molecule has 0 amide bonds. The summed E-state index contributed by atoms with van der Waals surface area (Å²) in [6.45, 7) is 6.58. The number of rotatable bonds is 4. The van der Waals surface area contributed by atoms with Crippen molar-refractivity contribution in [1.82, 2.24) is 5.32 Å². The zero-order chi connectivity index (χ0) is 13.1. The maximum absolute atomic E-state index is 5.32. The molecule has 0 aliphatic heterocycles. The number of hydrogen-bond donors (Lipinski definition) is 1. The van der Waals surface area contributed by atoms with Crippen LogP contribution in [0.15, 0.2) is 29.5 Å². The van der Waals surface area contributed by atoms with Gasteiger partial charge in [-0.3, -0.25) is 0 Å². The van der Waals surface area contributed by atoms with Crippen LogP contribution in [0.2, 0.25) is 0 Å². The van der Waals surface area contributed by atoms with Gasteiger partial charge in [-0.25, -0.2) is 0 Å². The Morgan fingerprint density at radius 2 is 2.17 bits per heavy atom. The molecule has 1 aliphatic carbocycles. The number of aryl methyl sites for hydroxylation is 1. The average Bonchev–Trinajstić information content (AvgIpc) is 2.80. The van der Waals surface area contributed by atoms with E-state index >= 15 is 0 Å². The van der Waals surface area contributed by atoms with Crippen molar-refractivity contribution in [2.45, 2.75) is 46.1 Å². The molecule has 1 N–H and O–H groups in total. The number of nitrogens with one attached hydrogen (secondary N) is 1. The number of ether oxygens (including phenoxy) is 1. The van der Waals surface area contributed by atoms with Crippen LogP contribution in [0.25, 0.3) is 0 Å². The number of allylic oxidation sites excluding steroid dienone is 2. The van der Waals surface area contributed by atoms with Crippen molar-refractivity contribution in [2.75, 3.05) is 7.11 Å². The third-order valence-corrected chi connectivity index (χ3v) is 3.99. The second-order valence-corrected chi connectivity index (χ2v) is 5.06. The summed E-state index contributed by atoms with van der Waals surface area (Å²) in [5.41, 5.74) is 5.61. The maximum Gasteiger partial charge on any atom is 0.119 e. The van der Waals surface area contributed by atoms with Gasteiger partial charge in [0.25, 0.3) is 0 Å². The minimum atomic E-state index is 0.441. The minimum Gasteiger partial charge on any atom is -0.497 e. The number of hydrogen-bond acceptors (Lipinski definition) is 2. The van der Waals surface area contributed by atoms with E-state index in [1.165, 1.54) is 28.8 Å². The van der Waals surface area contributed by atoms with E-state index in [1.54, 1.807) is 7.11 Å². The monoisotopic (exact) mass is 245 g/mol. The van der Waals surface area contributed by atoms with E-state index in [0.717, 1.165) is 18.6 Å². The number of methoxy groups -OCH3 is 1. The molecule has 1 aromatic carbocycles. The predicted molar refractivity (Wildman–Crippen MR) is 75.9 cm³/mol. The summed E-state index contributed by atoms with van der Waals surface area (Å²) in [4.78, 5) is 0. The topological polar surface area (TPSA) is 21.3 Å². The van der Waals surface area contributed by atoms with Crippen LogP contribution in [0.5, 0.6) is 5.75 Å². The molecule has 0 spiro atoms. The molecule has 1 aromatic rings. The van der Waals surface area contributed by atoms with Crippen LogP contribution in [0, 0.1) is 0 Å². The molecule has 1 atom stereocenters. The third kappa shape index (κ3) is 2.53. The van der Waals surface area contributed by atoms with Gasteiger partial charge in [-0.05, 0) is 56.4 Å². The van der Waals surface area contributed by atoms with Crippen LogP contribution in [0.3, 0.4) is 0 Å². The molecule has 1 unspecified atom stereocenters. The smallest absolute Gasteiger partial charge is 0.119 e. The molecule has 0 aromatic heterocycles. The summed E-state index contributed by atoms with van der Waals surface area (Å²) in [5, 5.41) is 3.66. The Balaban J connectivity index is 2.21. The Bertz CT molecular complexity index is 462. The molecule has 0 saturated carbocycles. The summed E-state index contributed by atoms with van der Waals surface area (Å²) >= 11 is 0. The fourth-order valence-electron chi connectivity index (χ4n) is 2.51. The average molecular weight is 245 g/mol.